The molecule has 0 unspecified atom stereocenters. The average Bonchev–Trinajstić information content (AvgIpc) is 2.63. The van der Waals surface area contributed by atoms with Gasteiger partial charge in [-0.3, -0.25) is 10.2 Å². The summed E-state index contributed by atoms with van der Waals surface area (Å²) >= 11 is 0. The molecule has 0 aliphatic heterocycles. The van der Waals surface area contributed by atoms with Crippen LogP contribution in [0.25, 0.3) is 11.2 Å². The van der Waals surface area contributed by atoms with E-state index in [-0.39, 0.29) is 5.69 Å². The van der Waals surface area contributed by atoms with E-state index in [0.717, 1.165) is 0 Å². The number of H-pyrrole nitrogens is 1. The smallest absolute Gasteiger partial charge is 0.286 e. The first-order valence-corrected chi connectivity index (χ1v) is 3.48. The molecule has 13 heavy (non-hydrogen) atoms. The van der Waals surface area contributed by atoms with E-state index in [4.69, 9.17) is 5.84 Å². The number of nitrogens with one attached hydrogen (secondary N) is 2. The van der Waals surface area contributed by atoms with E-state index in [1.807, 2.05) is 5.43 Å². The number of hydrazine groups is 1. The lowest BCUT2D eigenvalue weighted by Crippen LogP contribution is -2.31. The maximum atomic E-state index is 11.2. The predicted octanol–water partition coefficient (Wildman–Crippen LogP) is -1.04. The molecule has 0 bridgehead atoms. The zero-order valence-electron chi connectivity index (χ0n) is 6.48. The van der Waals surface area contributed by atoms with Crippen LogP contribution in [0.1, 0.15) is 10.5 Å². The highest BCUT2D eigenvalue weighted by molar-refractivity contribution is 6.01. The van der Waals surface area contributed by atoms with Gasteiger partial charge in [-0.15, -0.1) is 0 Å². The van der Waals surface area contributed by atoms with E-state index in [1.54, 1.807) is 0 Å². The van der Waals surface area contributed by atoms with Gasteiger partial charge in [0.05, 0.1) is 6.33 Å². The second-order valence-corrected chi connectivity index (χ2v) is 2.30. The number of amides is 1. The maximum absolute atomic E-state index is 11.2. The van der Waals surface area contributed by atoms with Crippen LogP contribution < -0.4 is 11.3 Å². The Labute approximate surface area is 72.4 Å². The summed E-state index contributed by atoms with van der Waals surface area (Å²) in [6.45, 7) is 0. The first kappa shape index (κ1) is 7.62. The molecule has 0 saturated heterocycles. The van der Waals surface area contributed by atoms with Gasteiger partial charge in [-0.25, -0.2) is 20.8 Å². The summed E-state index contributed by atoms with van der Waals surface area (Å²) in [6.07, 6.45) is 2.69. The Kier molecular flexibility index (Phi) is 1.64. The van der Waals surface area contributed by atoms with Crippen LogP contribution in [0.15, 0.2) is 12.7 Å². The van der Waals surface area contributed by atoms with Crippen molar-refractivity contribution in [2.75, 3.05) is 0 Å². The molecule has 0 aliphatic carbocycles. The molecule has 0 radical (unpaired) electrons. The van der Waals surface area contributed by atoms with E-state index >= 15 is 0 Å². The van der Waals surface area contributed by atoms with Crippen LogP contribution in [0.3, 0.4) is 0 Å². The number of aromatic amines is 1. The van der Waals surface area contributed by atoms with Gasteiger partial charge in [-0.2, -0.15) is 0 Å². The molecule has 0 atom stereocenters. The highest BCUT2D eigenvalue weighted by Gasteiger charge is 2.11. The Hall–Kier alpha value is -2.02. The minimum absolute atomic E-state index is 0.185. The third-order valence-corrected chi connectivity index (χ3v) is 1.57. The number of aromatic nitrogens is 4. The van der Waals surface area contributed by atoms with Crippen molar-refractivity contribution >= 4 is 17.1 Å². The van der Waals surface area contributed by atoms with Crippen molar-refractivity contribution in [2.45, 2.75) is 0 Å². The number of imidazole rings is 1. The minimum atomic E-state index is -0.475. The number of nitrogen functional groups attached to an aromatic ring is 1. The van der Waals surface area contributed by atoms with Gasteiger partial charge < -0.3 is 4.98 Å². The molecule has 2 heterocycles. The van der Waals surface area contributed by atoms with Crippen LogP contribution in [-0.2, 0) is 0 Å². The first-order valence-electron chi connectivity index (χ1n) is 3.48. The molecule has 1 amide bonds. The molecule has 7 heteroatoms. The molecule has 2 aromatic rings. The fourth-order valence-corrected chi connectivity index (χ4v) is 1.01. The van der Waals surface area contributed by atoms with Crippen molar-refractivity contribution < 1.29 is 4.79 Å². The van der Waals surface area contributed by atoms with Crippen molar-refractivity contribution in [3.05, 3.63) is 18.3 Å². The van der Waals surface area contributed by atoms with E-state index in [1.165, 1.54) is 12.7 Å². The normalized spacial score (nSPS) is 10.2. The zero-order valence-corrected chi connectivity index (χ0v) is 6.48. The summed E-state index contributed by atoms with van der Waals surface area (Å²) in [5.41, 5.74) is 3.09. The van der Waals surface area contributed by atoms with E-state index < -0.39 is 5.91 Å². The van der Waals surface area contributed by atoms with Crippen molar-refractivity contribution in [1.82, 2.24) is 25.4 Å². The summed E-state index contributed by atoms with van der Waals surface area (Å²) < 4.78 is 0. The second-order valence-electron chi connectivity index (χ2n) is 2.30. The second kappa shape index (κ2) is 2.79. The van der Waals surface area contributed by atoms with Crippen molar-refractivity contribution in [2.24, 2.45) is 5.84 Å². The molecule has 0 fully saturated rings. The fourth-order valence-electron chi connectivity index (χ4n) is 1.01. The molecular formula is C6H6N6O. The monoisotopic (exact) mass is 178 g/mol. The van der Waals surface area contributed by atoms with Crippen LogP contribution in [0.4, 0.5) is 0 Å². The van der Waals surface area contributed by atoms with Gasteiger partial charge in [0.2, 0.25) is 0 Å². The lowest BCUT2D eigenvalue weighted by atomic mass is 10.3. The molecule has 0 aromatic carbocycles. The van der Waals surface area contributed by atoms with E-state index in [9.17, 15) is 4.79 Å². The van der Waals surface area contributed by atoms with Gasteiger partial charge >= 0.3 is 0 Å². The average molecular weight is 178 g/mol. The number of hydrogen-bond donors (Lipinski definition) is 3. The number of carbonyl (C=O) groups excluding carboxylic acids is 1. The third kappa shape index (κ3) is 1.11. The third-order valence-electron chi connectivity index (χ3n) is 1.57. The SMILES string of the molecule is NNC(=O)c1ncnc2nc[nH]c12. The molecule has 0 spiro atoms. The molecule has 2 aromatic heterocycles. The van der Waals surface area contributed by atoms with Crippen LogP contribution in [0, 0.1) is 0 Å². The number of nitrogens with zero attached hydrogens (tertiary/aromatic N) is 3. The molecule has 66 valence electrons. The van der Waals surface area contributed by atoms with Gasteiger partial charge in [0.1, 0.15) is 11.8 Å². The Morgan fingerprint density at radius 2 is 2.31 bits per heavy atom. The van der Waals surface area contributed by atoms with Crippen molar-refractivity contribution in [3.8, 4) is 0 Å². The lowest BCUT2D eigenvalue weighted by molar-refractivity contribution is 0.0950. The van der Waals surface area contributed by atoms with Crippen molar-refractivity contribution in [3.63, 3.8) is 0 Å². The maximum Gasteiger partial charge on any atom is 0.286 e. The van der Waals surface area contributed by atoms with Gasteiger partial charge in [0.25, 0.3) is 5.91 Å². The standard InChI is InChI=1S/C6H6N6O/c7-12-6(13)4-3-5(10-1-8-3)11-2-9-4/h1-2H,7H2,(H,12,13)(H,8,9,10,11). The molecule has 7 nitrogen and oxygen atoms in total. The summed E-state index contributed by atoms with van der Waals surface area (Å²) in [6, 6.07) is 0. The Balaban J connectivity index is 2.67. The van der Waals surface area contributed by atoms with E-state index in [2.05, 4.69) is 19.9 Å². The van der Waals surface area contributed by atoms with Crippen molar-refractivity contribution in [1.29, 1.82) is 0 Å². The molecule has 0 saturated carbocycles. The predicted molar refractivity (Wildman–Crippen MR) is 43.3 cm³/mol. The Morgan fingerprint density at radius 1 is 1.46 bits per heavy atom. The lowest BCUT2D eigenvalue weighted by Gasteiger charge is -1.97. The van der Waals surface area contributed by atoms with Gasteiger partial charge in [-0.05, 0) is 0 Å². The van der Waals surface area contributed by atoms with Gasteiger partial charge in [0, 0.05) is 0 Å². The Bertz CT molecular complexity index is 449. The highest BCUT2D eigenvalue weighted by Crippen LogP contribution is 2.08. The molecule has 2 rings (SSSR count). The van der Waals surface area contributed by atoms with Gasteiger partial charge in [-0.1, -0.05) is 0 Å². The number of rotatable bonds is 1. The van der Waals surface area contributed by atoms with Crippen LogP contribution in [0.5, 0.6) is 0 Å². The molecule has 4 N–H and O–H groups in total. The Morgan fingerprint density at radius 3 is 3.08 bits per heavy atom. The van der Waals surface area contributed by atoms with Gasteiger partial charge in [0.15, 0.2) is 11.3 Å². The van der Waals surface area contributed by atoms with Crippen LogP contribution >= 0.6 is 0 Å². The molecular weight excluding hydrogens is 172 g/mol. The topological polar surface area (TPSA) is 110 Å². The summed E-state index contributed by atoms with van der Waals surface area (Å²) in [5, 5.41) is 0. The van der Waals surface area contributed by atoms with Crippen LogP contribution in [-0.4, -0.2) is 25.8 Å². The van der Waals surface area contributed by atoms with Crippen LogP contribution in [0.2, 0.25) is 0 Å². The zero-order chi connectivity index (χ0) is 9.26. The highest BCUT2D eigenvalue weighted by atomic mass is 16.2. The number of fused-ring (bicyclic) bond motifs is 1. The summed E-state index contributed by atoms with van der Waals surface area (Å²) in [7, 11) is 0. The number of nitrogens with two attached hydrogens (primary N) is 1. The molecule has 0 aliphatic rings. The quantitative estimate of drug-likeness (QED) is 0.293. The number of carbonyl (C=O) groups is 1. The largest absolute Gasteiger partial charge is 0.341 e. The minimum Gasteiger partial charge on any atom is -0.341 e. The fraction of sp³-hybridized carbons (Fsp3) is 0. The number of hydrogen-bond acceptors (Lipinski definition) is 5. The summed E-state index contributed by atoms with van der Waals surface area (Å²) in [5.74, 6) is 4.49. The van der Waals surface area contributed by atoms with E-state index in [0.29, 0.717) is 11.2 Å². The summed E-state index contributed by atoms with van der Waals surface area (Å²) in [4.78, 5) is 25.4. The first-order chi connectivity index (χ1) is 6.33.